The average molecular weight is 153 g/mol. The zero-order chi connectivity index (χ0) is 8.85. The highest BCUT2D eigenvalue weighted by atomic mass is 16.1. The second-order valence-corrected chi connectivity index (χ2v) is 2.65. The zero-order valence-corrected chi connectivity index (χ0v) is 7.35. The molecule has 2 nitrogen and oxygen atoms in total. The van der Waals surface area contributed by atoms with Gasteiger partial charge >= 0.3 is 0 Å². The van der Waals surface area contributed by atoms with Gasteiger partial charge in [0.25, 0.3) is 0 Å². The van der Waals surface area contributed by atoms with E-state index < -0.39 is 0 Å². The lowest BCUT2D eigenvalue weighted by Gasteiger charge is -1.95. The van der Waals surface area contributed by atoms with Crippen molar-refractivity contribution in [1.29, 1.82) is 0 Å². The standard InChI is InChI=1S/C9H15NO/c1-4-8(9(10)11)6-5-7(2)3/h5-6H,4H2,1-3H3,(H2,10,11)/b8-6+. The number of hydrogen-bond acceptors (Lipinski definition) is 1. The third-order valence-electron chi connectivity index (χ3n) is 1.32. The third kappa shape index (κ3) is 4.37. The van der Waals surface area contributed by atoms with Crippen LogP contribution in [-0.2, 0) is 4.79 Å². The Morgan fingerprint density at radius 2 is 1.91 bits per heavy atom. The van der Waals surface area contributed by atoms with Crippen LogP contribution in [0.5, 0.6) is 0 Å². The molecule has 0 aliphatic rings. The molecule has 0 unspecified atom stereocenters. The first-order chi connectivity index (χ1) is 5.07. The average Bonchev–Trinajstić information content (AvgIpc) is 1.87. The number of allylic oxidation sites excluding steroid dienone is 3. The van der Waals surface area contributed by atoms with Gasteiger partial charge in [-0.15, -0.1) is 0 Å². The summed E-state index contributed by atoms with van der Waals surface area (Å²) in [4.78, 5) is 10.7. The van der Waals surface area contributed by atoms with Crippen LogP contribution in [0.3, 0.4) is 0 Å². The largest absolute Gasteiger partial charge is 0.366 e. The monoisotopic (exact) mass is 153 g/mol. The summed E-state index contributed by atoms with van der Waals surface area (Å²) in [5.41, 5.74) is 6.93. The molecule has 0 aromatic carbocycles. The lowest BCUT2D eigenvalue weighted by atomic mass is 10.1. The number of hydrogen-bond donors (Lipinski definition) is 1. The Kier molecular flexibility index (Phi) is 4.27. The van der Waals surface area contributed by atoms with Crippen LogP contribution in [0.1, 0.15) is 27.2 Å². The van der Waals surface area contributed by atoms with E-state index in [1.165, 1.54) is 0 Å². The molecular formula is C9H15NO. The number of amides is 1. The third-order valence-corrected chi connectivity index (χ3v) is 1.32. The molecule has 0 saturated carbocycles. The van der Waals surface area contributed by atoms with E-state index in [1.807, 2.05) is 26.8 Å². The summed E-state index contributed by atoms with van der Waals surface area (Å²) in [7, 11) is 0. The molecule has 0 spiro atoms. The van der Waals surface area contributed by atoms with Crippen LogP contribution >= 0.6 is 0 Å². The maximum atomic E-state index is 10.7. The molecule has 0 radical (unpaired) electrons. The van der Waals surface area contributed by atoms with E-state index >= 15 is 0 Å². The van der Waals surface area contributed by atoms with Crippen molar-refractivity contribution in [2.75, 3.05) is 0 Å². The first-order valence-electron chi connectivity index (χ1n) is 3.71. The van der Waals surface area contributed by atoms with Crippen molar-refractivity contribution in [2.45, 2.75) is 27.2 Å². The van der Waals surface area contributed by atoms with Gasteiger partial charge in [-0.3, -0.25) is 4.79 Å². The van der Waals surface area contributed by atoms with E-state index in [0.29, 0.717) is 12.0 Å². The molecule has 2 N–H and O–H groups in total. The van der Waals surface area contributed by atoms with Gasteiger partial charge in [-0.05, 0) is 20.3 Å². The number of nitrogens with two attached hydrogens (primary N) is 1. The highest BCUT2D eigenvalue weighted by Crippen LogP contribution is 2.00. The van der Waals surface area contributed by atoms with Crippen LogP contribution in [0, 0.1) is 0 Å². The molecule has 0 aromatic heterocycles. The van der Waals surface area contributed by atoms with E-state index in [1.54, 1.807) is 6.08 Å². The second-order valence-electron chi connectivity index (χ2n) is 2.65. The van der Waals surface area contributed by atoms with Gasteiger partial charge in [0.1, 0.15) is 0 Å². The molecule has 0 aliphatic carbocycles. The summed E-state index contributed by atoms with van der Waals surface area (Å²) in [6.07, 6.45) is 4.36. The molecule has 0 heterocycles. The number of primary amides is 1. The van der Waals surface area contributed by atoms with Gasteiger partial charge in [-0.1, -0.05) is 24.6 Å². The summed E-state index contributed by atoms with van der Waals surface area (Å²) >= 11 is 0. The summed E-state index contributed by atoms with van der Waals surface area (Å²) in [5, 5.41) is 0. The Labute approximate surface area is 67.8 Å². The molecule has 0 rings (SSSR count). The predicted octanol–water partition coefficient (Wildman–Crippen LogP) is 1.77. The van der Waals surface area contributed by atoms with Crippen LogP contribution in [-0.4, -0.2) is 5.91 Å². The molecule has 2 heteroatoms. The van der Waals surface area contributed by atoms with Crippen LogP contribution in [0.25, 0.3) is 0 Å². The quantitative estimate of drug-likeness (QED) is 0.487. The minimum absolute atomic E-state index is 0.329. The molecule has 62 valence electrons. The Balaban J connectivity index is 4.37. The van der Waals surface area contributed by atoms with Gasteiger partial charge in [-0.2, -0.15) is 0 Å². The highest BCUT2D eigenvalue weighted by Gasteiger charge is 1.98. The highest BCUT2D eigenvalue weighted by molar-refractivity contribution is 5.92. The maximum Gasteiger partial charge on any atom is 0.244 e. The summed E-state index contributed by atoms with van der Waals surface area (Å²) in [6, 6.07) is 0. The van der Waals surface area contributed by atoms with Crippen molar-refractivity contribution in [1.82, 2.24) is 0 Å². The van der Waals surface area contributed by atoms with Crippen molar-refractivity contribution < 1.29 is 4.79 Å². The van der Waals surface area contributed by atoms with E-state index in [9.17, 15) is 4.79 Å². The fraction of sp³-hybridized carbons (Fsp3) is 0.444. The molecule has 11 heavy (non-hydrogen) atoms. The van der Waals surface area contributed by atoms with Gasteiger partial charge in [-0.25, -0.2) is 0 Å². The molecule has 1 amide bonds. The molecular weight excluding hydrogens is 138 g/mol. The Morgan fingerprint density at radius 1 is 1.36 bits per heavy atom. The number of carbonyl (C=O) groups is 1. The second kappa shape index (κ2) is 4.72. The van der Waals surface area contributed by atoms with Crippen LogP contribution in [0.15, 0.2) is 23.3 Å². The molecule has 0 fully saturated rings. The van der Waals surface area contributed by atoms with Crippen molar-refractivity contribution in [3.05, 3.63) is 23.3 Å². The van der Waals surface area contributed by atoms with Crippen molar-refractivity contribution in [3.8, 4) is 0 Å². The van der Waals surface area contributed by atoms with Crippen LogP contribution in [0.4, 0.5) is 0 Å². The Morgan fingerprint density at radius 3 is 2.18 bits per heavy atom. The molecule has 0 saturated heterocycles. The first kappa shape index (κ1) is 9.95. The van der Waals surface area contributed by atoms with Gasteiger partial charge in [0.2, 0.25) is 5.91 Å². The van der Waals surface area contributed by atoms with Crippen molar-refractivity contribution in [2.24, 2.45) is 5.73 Å². The van der Waals surface area contributed by atoms with Crippen molar-refractivity contribution >= 4 is 5.91 Å². The van der Waals surface area contributed by atoms with Crippen LogP contribution < -0.4 is 5.73 Å². The van der Waals surface area contributed by atoms with Crippen molar-refractivity contribution in [3.63, 3.8) is 0 Å². The smallest absolute Gasteiger partial charge is 0.244 e. The van der Waals surface area contributed by atoms with E-state index in [0.717, 1.165) is 5.57 Å². The Hall–Kier alpha value is -1.05. The van der Waals surface area contributed by atoms with E-state index in [-0.39, 0.29) is 5.91 Å². The van der Waals surface area contributed by atoms with Gasteiger partial charge in [0.15, 0.2) is 0 Å². The summed E-state index contributed by atoms with van der Waals surface area (Å²) in [5.74, 6) is -0.329. The zero-order valence-electron chi connectivity index (χ0n) is 7.35. The summed E-state index contributed by atoms with van der Waals surface area (Å²) < 4.78 is 0. The first-order valence-corrected chi connectivity index (χ1v) is 3.71. The normalized spacial score (nSPS) is 11.0. The summed E-state index contributed by atoms with van der Waals surface area (Å²) in [6.45, 7) is 5.87. The lowest BCUT2D eigenvalue weighted by molar-refractivity contribution is -0.114. The minimum Gasteiger partial charge on any atom is -0.366 e. The molecule has 0 bridgehead atoms. The molecule has 0 atom stereocenters. The Bertz CT molecular complexity index is 198. The maximum absolute atomic E-state index is 10.7. The van der Waals surface area contributed by atoms with Gasteiger partial charge in [0.05, 0.1) is 0 Å². The minimum atomic E-state index is -0.329. The molecule has 0 aromatic rings. The topological polar surface area (TPSA) is 43.1 Å². The van der Waals surface area contributed by atoms with E-state index in [2.05, 4.69) is 0 Å². The predicted molar refractivity (Wildman–Crippen MR) is 47.0 cm³/mol. The number of carbonyl (C=O) groups excluding carboxylic acids is 1. The lowest BCUT2D eigenvalue weighted by Crippen LogP contribution is -2.12. The fourth-order valence-corrected chi connectivity index (χ4v) is 0.641. The van der Waals surface area contributed by atoms with Gasteiger partial charge < -0.3 is 5.73 Å². The number of rotatable bonds is 3. The molecule has 0 aliphatic heterocycles. The van der Waals surface area contributed by atoms with Crippen LogP contribution in [0.2, 0.25) is 0 Å². The van der Waals surface area contributed by atoms with E-state index in [4.69, 9.17) is 5.73 Å². The van der Waals surface area contributed by atoms with Gasteiger partial charge in [0, 0.05) is 5.57 Å². The SMILES string of the molecule is CC/C(=C\C=C(C)C)C(N)=O. The fourth-order valence-electron chi connectivity index (χ4n) is 0.641.